The number of amides is 1. The predicted octanol–water partition coefficient (Wildman–Crippen LogP) is 3.60. The summed E-state index contributed by atoms with van der Waals surface area (Å²) >= 11 is 1.72. The Bertz CT molecular complexity index is 555. The van der Waals surface area contributed by atoms with Gasteiger partial charge in [0.1, 0.15) is 5.60 Å². The number of guanidine groups is 1. The highest BCUT2D eigenvalue weighted by Crippen LogP contribution is 2.16. The van der Waals surface area contributed by atoms with E-state index < -0.39 is 5.60 Å². The van der Waals surface area contributed by atoms with Gasteiger partial charge in [-0.1, -0.05) is 0 Å². The fourth-order valence-electron chi connectivity index (χ4n) is 1.83. The number of hydrogen-bond donors (Lipinski definition) is 2. The molecule has 144 valence electrons. The van der Waals surface area contributed by atoms with Gasteiger partial charge in [0.15, 0.2) is 5.96 Å². The Kier molecular flexibility index (Phi) is 11.1. The van der Waals surface area contributed by atoms with Gasteiger partial charge in [0, 0.05) is 31.6 Å². The lowest BCUT2D eigenvalue weighted by Crippen LogP contribution is -2.43. The highest BCUT2D eigenvalue weighted by molar-refractivity contribution is 14.0. The van der Waals surface area contributed by atoms with Crippen molar-refractivity contribution in [3.63, 3.8) is 0 Å². The van der Waals surface area contributed by atoms with Gasteiger partial charge in [-0.3, -0.25) is 0 Å². The summed E-state index contributed by atoms with van der Waals surface area (Å²) in [4.78, 5) is 19.3. The summed E-state index contributed by atoms with van der Waals surface area (Å²) < 4.78 is 5.33. The number of rotatable bonds is 6. The Morgan fingerprint density at radius 3 is 2.56 bits per heavy atom. The highest BCUT2D eigenvalue weighted by atomic mass is 127. The van der Waals surface area contributed by atoms with Crippen LogP contribution in [0.3, 0.4) is 0 Å². The van der Waals surface area contributed by atoms with Crippen molar-refractivity contribution in [2.45, 2.75) is 46.8 Å². The molecule has 6 nitrogen and oxygen atoms in total. The van der Waals surface area contributed by atoms with E-state index in [-0.39, 0.29) is 30.1 Å². The topological polar surface area (TPSA) is 66.0 Å². The molecular weight excluding hydrogens is 451 g/mol. The van der Waals surface area contributed by atoms with Gasteiger partial charge in [-0.05, 0) is 51.6 Å². The number of halogens is 1. The maximum Gasteiger partial charge on any atom is 0.410 e. The first kappa shape index (κ1) is 24.0. The summed E-state index contributed by atoms with van der Waals surface area (Å²) in [6.07, 6.45) is -0.319. The average Bonchev–Trinajstić information content (AvgIpc) is 2.88. The van der Waals surface area contributed by atoms with Crippen LogP contribution in [0.2, 0.25) is 0 Å². The van der Waals surface area contributed by atoms with Crippen molar-refractivity contribution < 1.29 is 9.53 Å². The minimum Gasteiger partial charge on any atom is -0.444 e. The lowest BCUT2D eigenvalue weighted by molar-refractivity contribution is 0.0302. The normalized spacial score (nSPS) is 11.5. The molecule has 0 aliphatic heterocycles. The van der Waals surface area contributed by atoms with Gasteiger partial charge in [0.25, 0.3) is 0 Å². The van der Waals surface area contributed by atoms with Crippen molar-refractivity contribution in [3.8, 4) is 0 Å². The van der Waals surface area contributed by atoms with Gasteiger partial charge in [-0.15, -0.1) is 35.3 Å². The highest BCUT2D eigenvalue weighted by Gasteiger charge is 2.19. The van der Waals surface area contributed by atoms with E-state index in [0.717, 1.165) is 12.5 Å². The van der Waals surface area contributed by atoms with Crippen molar-refractivity contribution >= 4 is 47.4 Å². The Balaban J connectivity index is 0.00000576. The van der Waals surface area contributed by atoms with Crippen molar-refractivity contribution in [2.24, 2.45) is 4.99 Å². The molecule has 0 unspecified atom stereocenters. The minimum absolute atomic E-state index is 0. The SMILES string of the molecule is CCNC(=NCc1sccc1C)NCCN(C)C(=O)OC(C)(C)C.I. The zero-order valence-electron chi connectivity index (χ0n) is 16.0. The zero-order valence-corrected chi connectivity index (χ0v) is 19.2. The largest absolute Gasteiger partial charge is 0.444 e. The van der Waals surface area contributed by atoms with Crippen LogP contribution in [-0.4, -0.2) is 49.2 Å². The van der Waals surface area contributed by atoms with Crippen LogP contribution in [0.5, 0.6) is 0 Å². The Hall–Kier alpha value is -1.03. The fourth-order valence-corrected chi connectivity index (χ4v) is 2.66. The van der Waals surface area contributed by atoms with Crippen molar-refractivity contribution in [3.05, 3.63) is 21.9 Å². The molecule has 0 saturated carbocycles. The van der Waals surface area contributed by atoms with Crippen LogP contribution >= 0.6 is 35.3 Å². The standard InChI is InChI=1S/C17H30N4O2S.HI/c1-7-18-15(20-12-14-13(2)8-11-24-14)19-9-10-21(6)16(22)23-17(3,4)5;/h8,11H,7,9-10,12H2,1-6H3,(H2,18,19,20);1H. The molecular formula is C17H31IN4O2S. The number of aliphatic imine (C=N–C) groups is 1. The van der Waals surface area contributed by atoms with E-state index in [0.29, 0.717) is 19.6 Å². The number of aryl methyl sites for hydroxylation is 1. The van der Waals surface area contributed by atoms with Crippen molar-refractivity contribution in [1.82, 2.24) is 15.5 Å². The molecule has 0 fully saturated rings. The quantitative estimate of drug-likeness (QED) is 0.370. The second kappa shape index (κ2) is 11.6. The smallest absolute Gasteiger partial charge is 0.410 e. The number of carbonyl (C=O) groups excluding carboxylic acids is 1. The molecule has 25 heavy (non-hydrogen) atoms. The molecule has 1 heterocycles. The Morgan fingerprint density at radius 2 is 2.04 bits per heavy atom. The third kappa shape index (κ3) is 9.88. The summed E-state index contributed by atoms with van der Waals surface area (Å²) in [6.45, 7) is 12.3. The van der Waals surface area contributed by atoms with Gasteiger partial charge in [-0.2, -0.15) is 0 Å². The zero-order chi connectivity index (χ0) is 18.2. The molecule has 0 aliphatic rings. The van der Waals surface area contributed by atoms with Crippen molar-refractivity contribution in [1.29, 1.82) is 0 Å². The molecule has 2 N–H and O–H groups in total. The number of ether oxygens (including phenoxy) is 1. The lowest BCUT2D eigenvalue weighted by atomic mass is 10.2. The van der Waals surface area contributed by atoms with E-state index in [9.17, 15) is 4.79 Å². The van der Waals surface area contributed by atoms with Gasteiger partial charge in [0.2, 0.25) is 0 Å². The molecule has 8 heteroatoms. The maximum atomic E-state index is 11.9. The molecule has 0 spiro atoms. The second-order valence-electron chi connectivity index (χ2n) is 6.55. The van der Waals surface area contributed by atoms with Gasteiger partial charge >= 0.3 is 6.09 Å². The van der Waals surface area contributed by atoms with Gasteiger partial charge in [-0.25, -0.2) is 9.79 Å². The van der Waals surface area contributed by atoms with E-state index in [4.69, 9.17) is 4.74 Å². The van der Waals surface area contributed by atoms with Crippen LogP contribution < -0.4 is 10.6 Å². The second-order valence-corrected chi connectivity index (χ2v) is 7.55. The van der Waals surface area contributed by atoms with Crippen LogP contribution in [-0.2, 0) is 11.3 Å². The number of carbonyl (C=O) groups is 1. The van der Waals surface area contributed by atoms with Crippen LogP contribution in [0, 0.1) is 6.92 Å². The molecule has 1 amide bonds. The van der Waals surface area contributed by atoms with Crippen LogP contribution in [0.4, 0.5) is 4.79 Å². The average molecular weight is 482 g/mol. The summed E-state index contributed by atoms with van der Waals surface area (Å²) in [5.74, 6) is 0.753. The van der Waals surface area contributed by atoms with Crippen LogP contribution in [0.15, 0.2) is 16.4 Å². The van der Waals surface area contributed by atoms with E-state index in [1.807, 2.05) is 27.7 Å². The molecule has 0 bridgehead atoms. The van der Waals surface area contributed by atoms with Crippen molar-refractivity contribution in [2.75, 3.05) is 26.7 Å². The minimum atomic E-state index is -0.478. The summed E-state index contributed by atoms with van der Waals surface area (Å²) in [7, 11) is 1.73. The molecule has 0 radical (unpaired) electrons. The van der Waals surface area contributed by atoms with Gasteiger partial charge < -0.3 is 20.3 Å². The number of hydrogen-bond acceptors (Lipinski definition) is 4. The monoisotopic (exact) mass is 482 g/mol. The molecule has 1 rings (SSSR count). The lowest BCUT2D eigenvalue weighted by Gasteiger charge is -2.24. The summed E-state index contributed by atoms with van der Waals surface area (Å²) in [6, 6.07) is 2.10. The third-order valence-electron chi connectivity index (χ3n) is 3.14. The van der Waals surface area contributed by atoms with E-state index >= 15 is 0 Å². The Labute approximate surface area is 172 Å². The van der Waals surface area contributed by atoms with E-state index in [2.05, 4.69) is 34.0 Å². The first-order chi connectivity index (χ1) is 11.2. The molecule has 0 atom stereocenters. The summed E-state index contributed by atoms with van der Waals surface area (Å²) in [5.41, 5.74) is 0.789. The first-order valence-electron chi connectivity index (χ1n) is 8.22. The number of likely N-dealkylation sites (N-methyl/N-ethyl adjacent to an activating group) is 1. The number of thiophene rings is 1. The number of nitrogens with zero attached hydrogens (tertiary/aromatic N) is 2. The first-order valence-corrected chi connectivity index (χ1v) is 9.10. The van der Waals surface area contributed by atoms with Crippen LogP contribution in [0.25, 0.3) is 0 Å². The Morgan fingerprint density at radius 1 is 1.36 bits per heavy atom. The fraction of sp³-hybridized carbons (Fsp3) is 0.647. The molecule has 0 aromatic carbocycles. The molecule has 0 saturated heterocycles. The van der Waals surface area contributed by atoms with Crippen LogP contribution in [0.1, 0.15) is 38.1 Å². The number of nitrogens with one attached hydrogen (secondary N) is 2. The van der Waals surface area contributed by atoms with Gasteiger partial charge in [0.05, 0.1) is 6.54 Å². The maximum absolute atomic E-state index is 11.9. The molecule has 1 aromatic heterocycles. The predicted molar refractivity (Wildman–Crippen MR) is 116 cm³/mol. The molecule has 1 aromatic rings. The molecule has 0 aliphatic carbocycles. The van der Waals surface area contributed by atoms with E-state index in [1.165, 1.54) is 10.4 Å². The van der Waals surface area contributed by atoms with E-state index in [1.54, 1.807) is 23.3 Å². The third-order valence-corrected chi connectivity index (χ3v) is 4.15. The summed E-state index contributed by atoms with van der Waals surface area (Å²) in [5, 5.41) is 8.54.